The molecule has 0 aliphatic carbocycles. The van der Waals surface area contributed by atoms with Crippen LogP contribution in [-0.2, 0) is 6.54 Å². The number of hydrogen-bond acceptors (Lipinski definition) is 5. The lowest BCUT2D eigenvalue weighted by Crippen LogP contribution is -2.33. The van der Waals surface area contributed by atoms with Gasteiger partial charge in [-0.2, -0.15) is 0 Å². The molecule has 0 spiro atoms. The van der Waals surface area contributed by atoms with E-state index in [0.717, 1.165) is 25.9 Å². The molecule has 1 saturated heterocycles. The van der Waals surface area contributed by atoms with Gasteiger partial charge >= 0.3 is 0 Å². The molecular weight excluding hydrogens is 334 g/mol. The van der Waals surface area contributed by atoms with E-state index in [2.05, 4.69) is 15.4 Å². The summed E-state index contributed by atoms with van der Waals surface area (Å²) < 4.78 is 1.83. The van der Waals surface area contributed by atoms with E-state index in [4.69, 9.17) is 0 Å². The van der Waals surface area contributed by atoms with Gasteiger partial charge in [0, 0.05) is 18.0 Å². The molecule has 3 heterocycles. The van der Waals surface area contributed by atoms with E-state index < -0.39 is 0 Å². The Kier molecular flexibility index (Phi) is 6.56. The maximum Gasteiger partial charge on any atom is 0.293 e. The van der Waals surface area contributed by atoms with Crippen molar-refractivity contribution in [1.82, 2.24) is 25.0 Å². The maximum atomic E-state index is 12.6. The minimum absolute atomic E-state index is 0. The molecule has 1 atom stereocenters. The van der Waals surface area contributed by atoms with E-state index >= 15 is 0 Å². The van der Waals surface area contributed by atoms with Crippen molar-refractivity contribution in [3.63, 3.8) is 0 Å². The summed E-state index contributed by atoms with van der Waals surface area (Å²) in [6.45, 7) is 5.20. The SMILES string of the molecule is CCN(Cc1cccs1)C(=O)c1ncn(C2CCCNC2)n1.Cl. The van der Waals surface area contributed by atoms with Crippen molar-refractivity contribution >= 4 is 29.7 Å². The van der Waals surface area contributed by atoms with Gasteiger partial charge in [0.1, 0.15) is 6.33 Å². The predicted molar refractivity (Wildman–Crippen MR) is 93.1 cm³/mol. The van der Waals surface area contributed by atoms with Gasteiger partial charge in [-0.25, -0.2) is 9.67 Å². The Labute approximate surface area is 146 Å². The average molecular weight is 356 g/mol. The molecule has 0 aromatic carbocycles. The van der Waals surface area contributed by atoms with Crippen molar-refractivity contribution < 1.29 is 4.79 Å². The number of nitrogens with zero attached hydrogens (tertiary/aromatic N) is 4. The highest BCUT2D eigenvalue weighted by Crippen LogP contribution is 2.16. The predicted octanol–water partition coefficient (Wildman–Crippen LogP) is 2.35. The summed E-state index contributed by atoms with van der Waals surface area (Å²) in [6.07, 6.45) is 3.90. The first kappa shape index (κ1) is 17.9. The van der Waals surface area contributed by atoms with E-state index in [-0.39, 0.29) is 18.3 Å². The second-order valence-electron chi connectivity index (χ2n) is 5.45. The molecule has 23 heavy (non-hydrogen) atoms. The highest BCUT2D eigenvalue weighted by Gasteiger charge is 2.22. The standard InChI is InChI=1S/C15H21N5OS.ClH/c1-2-19(10-13-6-4-8-22-13)15(21)14-17-11-20(18-14)12-5-3-7-16-9-12;/h4,6,8,11-12,16H,2-3,5,7,9-10H2,1H3;1H. The summed E-state index contributed by atoms with van der Waals surface area (Å²) in [5, 5.41) is 9.79. The van der Waals surface area contributed by atoms with Crippen molar-refractivity contribution in [2.45, 2.75) is 32.4 Å². The van der Waals surface area contributed by atoms with Gasteiger partial charge in [0.05, 0.1) is 12.6 Å². The summed E-state index contributed by atoms with van der Waals surface area (Å²) >= 11 is 1.66. The van der Waals surface area contributed by atoms with E-state index in [0.29, 0.717) is 25.0 Å². The van der Waals surface area contributed by atoms with Gasteiger partial charge < -0.3 is 10.2 Å². The number of halogens is 1. The first-order chi connectivity index (χ1) is 10.8. The molecule has 8 heteroatoms. The Bertz CT molecular complexity index is 609. The molecule has 2 aromatic rings. The maximum absolute atomic E-state index is 12.6. The molecule has 126 valence electrons. The van der Waals surface area contributed by atoms with Crippen LogP contribution < -0.4 is 5.32 Å². The third kappa shape index (κ3) is 4.31. The van der Waals surface area contributed by atoms with Crippen LogP contribution in [0.2, 0.25) is 0 Å². The quantitative estimate of drug-likeness (QED) is 0.894. The molecule has 6 nitrogen and oxygen atoms in total. The zero-order chi connectivity index (χ0) is 15.4. The summed E-state index contributed by atoms with van der Waals surface area (Å²) in [6, 6.07) is 4.34. The fourth-order valence-electron chi connectivity index (χ4n) is 2.67. The van der Waals surface area contributed by atoms with Crippen LogP contribution in [0, 0.1) is 0 Å². The fourth-order valence-corrected chi connectivity index (χ4v) is 3.39. The average Bonchev–Trinajstić information content (AvgIpc) is 3.24. The molecule has 1 unspecified atom stereocenters. The molecule has 1 fully saturated rings. The highest BCUT2D eigenvalue weighted by atomic mass is 35.5. The molecule has 2 aromatic heterocycles. The smallest absolute Gasteiger partial charge is 0.293 e. The van der Waals surface area contributed by atoms with Gasteiger partial charge in [-0.15, -0.1) is 28.8 Å². The fraction of sp³-hybridized carbons (Fsp3) is 0.533. The number of nitrogens with one attached hydrogen (secondary N) is 1. The number of rotatable bonds is 5. The molecule has 0 bridgehead atoms. The molecular formula is C15H22ClN5OS. The molecule has 1 aliphatic rings. The molecule has 1 amide bonds. The number of carbonyl (C=O) groups is 1. The largest absolute Gasteiger partial charge is 0.331 e. The van der Waals surface area contributed by atoms with Crippen molar-refractivity contribution in [3.05, 3.63) is 34.5 Å². The van der Waals surface area contributed by atoms with E-state index in [1.807, 2.05) is 29.1 Å². The van der Waals surface area contributed by atoms with Gasteiger partial charge in [0.2, 0.25) is 5.82 Å². The normalized spacial score (nSPS) is 17.5. The second kappa shape index (κ2) is 8.42. The minimum atomic E-state index is -0.0987. The van der Waals surface area contributed by atoms with E-state index in [1.54, 1.807) is 22.6 Å². The molecule has 3 rings (SSSR count). The Morgan fingerprint density at radius 3 is 3.09 bits per heavy atom. The second-order valence-corrected chi connectivity index (χ2v) is 6.48. The van der Waals surface area contributed by atoms with Gasteiger partial charge in [-0.3, -0.25) is 4.79 Å². The van der Waals surface area contributed by atoms with Crippen molar-refractivity contribution in [2.75, 3.05) is 19.6 Å². The Morgan fingerprint density at radius 1 is 1.57 bits per heavy atom. The van der Waals surface area contributed by atoms with Crippen LogP contribution >= 0.6 is 23.7 Å². The summed E-state index contributed by atoms with van der Waals surface area (Å²) in [5.74, 6) is 0.197. The van der Waals surface area contributed by atoms with E-state index in [1.165, 1.54) is 4.88 Å². The van der Waals surface area contributed by atoms with Crippen LogP contribution in [0.1, 0.15) is 41.3 Å². The lowest BCUT2D eigenvalue weighted by atomic mass is 10.1. The van der Waals surface area contributed by atoms with E-state index in [9.17, 15) is 4.79 Å². The summed E-state index contributed by atoms with van der Waals surface area (Å²) in [4.78, 5) is 19.8. The number of hydrogen-bond donors (Lipinski definition) is 1. The number of piperidine rings is 1. The van der Waals surface area contributed by atoms with Gasteiger partial charge in [-0.05, 0) is 37.8 Å². The number of amides is 1. The van der Waals surface area contributed by atoms with Crippen LogP contribution in [0.5, 0.6) is 0 Å². The van der Waals surface area contributed by atoms with Crippen LogP contribution in [0.4, 0.5) is 0 Å². The third-order valence-corrected chi connectivity index (χ3v) is 4.80. The Balaban J connectivity index is 0.00000192. The van der Waals surface area contributed by atoms with Crippen LogP contribution in [-0.4, -0.2) is 45.2 Å². The summed E-state index contributed by atoms with van der Waals surface area (Å²) in [5.41, 5.74) is 0. The minimum Gasteiger partial charge on any atom is -0.331 e. The van der Waals surface area contributed by atoms with Gasteiger partial charge in [-0.1, -0.05) is 6.07 Å². The van der Waals surface area contributed by atoms with Crippen molar-refractivity contribution in [3.8, 4) is 0 Å². The number of aromatic nitrogens is 3. The topological polar surface area (TPSA) is 63.1 Å². The zero-order valence-corrected chi connectivity index (χ0v) is 14.8. The van der Waals surface area contributed by atoms with Crippen molar-refractivity contribution in [2.24, 2.45) is 0 Å². The molecule has 0 saturated carbocycles. The Hall–Kier alpha value is -1.44. The van der Waals surface area contributed by atoms with Crippen molar-refractivity contribution in [1.29, 1.82) is 0 Å². The van der Waals surface area contributed by atoms with Gasteiger partial charge in [0.25, 0.3) is 5.91 Å². The first-order valence-electron chi connectivity index (χ1n) is 7.71. The Morgan fingerprint density at radius 2 is 2.43 bits per heavy atom. The lowest BCUT2D eigenvalue weighted by Gasteiger charge is -2.22. The molecule has 1 aliphatic heterocycles. The lowest BCUT2D eigenvalue weighted by molar-refractivity contribution is 0.0741. The summed E-state index contributed by atoms with van der Waals surface area (Å²) in [7, 11) is 0. The molecule has 0 radical (unpaired) electrons. The third-order valence-electron chi connectivity index (χ3n) is 3.94. The van der Waals surface area contributed by atoms with Gasteiger partial charge in [0.15, 0.2) is 0 Å². The first-order valence-corrected chi connectivity index (χ1v) is 8.59. The highest BCUT2D eigenvalue weighted by molar-refractivity contribution is 7.09. The van der Waals surface area contributed by atoms with Crippen LogP contribution in [0.3, 0.4) is 0 Å². The number of thiophene rings is 1. The molecule has 1 N–H and O–H groups in total. The van der Waals surface area contributed by atoms with Crippen LogP contribution in [0.25, 0.3) is 0 Å². The monoisotopic (exact) mass is 355 g/mol. The zero-order valence-electron chi connectivity index (χ0n) is 13.1. The van der Waals surface area contributed by atoms with Crippen LogP contribution in [0.15, 0.2) is 23.8 Å². The number of carbonyl (C=O) groups excluding carboxylic acids is 1.